The zero-order valence-corrected chi connectivity index (χ0v) is 13.7. The Morgan fingerprint density at radius 3 is 2.80 bits per heavy atom. The molecule has 0 aliphatic carbocycles. The van der Waals surface area contributed by atoms with E-state index in [1.807, 2.05) is 65.7 Å². The minimum absolute atomic E-state index is 0.538. The molecule has 1 radical (unpaired) electrons. The summed E-state index contributed by atoms with van der Waals surface area (Å²) in [6.07, 6.45) is 7.02. The topological polar surface area (TPSA) is 55.3 Å². The molecular weight excluding hydrogens is 310 g/mol. The van der Waals surface area contributed by atoms with Crippen LogP contribution >= 0.6 is 0 Å². The molecule has 0 bridgehead atoms. The van der Waals surface area contributed by atoms with Gasteiger partial charge >= 0.3 is 0 Å². The minimum Gasteiger partial charge on any atom is -0.356 e. The first-order valence-corrected chi connectivity index (χ1v) is 8.22. The number of aromatic nitrogens is 1. The van der Waals surface area contributed by atoms with Crippen LogP contribution in [0.2, 0.25) is 0 Å². The van der Waals surface area contributed by atoms with Gasteiger partial charge in [-0.05, 0) is 18.1 Å². The zero-order valence-electron chi connectivity index (χ0n) is 13.7. The van der Waals surface area contributed by atoms with Crippen molar-refractivity contribution in [2.75, 3.05) is 4.90 Å². The van der Waals surface area contributed by atoms with E-state index >= 15 is 0 Å². The van der Waals surface area contributed by atoms with Gasteiger partial charge < -0.3 is 15.2 Å². The number of allylic oxidation sites excluding steroid dienone is 2. The molecule has 25 heavy (non-hydrogen) atoms. The molecule has 0 saturated heterocycles. The molecular formula is C21H18N3O. The van der Waals surface area contributed by atoms with Crippen LogP contribution in [0.4, 0.5) is 5.69 Å². The number of anilines is 1. The smallest absolute Gasteiger partial charge is 0.165 e. The molecule has 4 rings (SSSR count). The van der Waals surface area contributed by atoms with Crippen LogP contribution in [0.1, 0.15) is 17.7 Å². The van der Waals surface area contributed by atoms with Crippen molar-refractivity contribution in [1.82, 2.24) is 5.16 Å². The highest BCUT2D eigenvalue weighted by atomic mass is 16.5. The standard InChI is InChI=1S/C21H18N3O/c22-14-16-8-10-17(11-9-16)20-13-21(25-23-20)18-5-4-12-24(15-18)19-6-2-1-3-7-19/h1-4,6,8-13,15H,5,14,22H2. The highest BCUT2D eigenvalue weighted by molar-refractivity contribution is 5.72. The first-order chi connectivity index (χ1) is 12.3. The second-order valence-corrected chi connectivity index (χ2v) is 5.88. The van der Waals surface area contributed by atoms with Gasteiger partial charge in [-0.15, -0.1) is 0 Å². The number of hydrogen-bond donors (Lipinski definition) is 1. The normalized spacial score (nSPS) is 13.8. The monoisotopic (exact) mass is 328 g/mol. The van der Waals surface area contributed by atoms with E-state index in [4.69, 9.17) is 10.3 Å². The summed E-state index contributed by atoms with van der Waals surface area (Å²) >= 11 is 0. The molecule has 0 amide bonds. The maximum Gasteiger partial charge on any atom is 0.165 e. The maximum absolute atomic E-state index is 5.65. The Morgan fingerprint density at radius 2 is 2.04 bits per heavy atom. The molecule has 0 unspecified atom stereocenters. The van der Waals surface area contributed by atoms with Crippen molar-refractivity contribution >= 4 is 11.3 Å². The predicted molar refractivity (Wildman–Crippen MR) is 99.3 cm³/mol. The highest BCUT2D eigenvalue weighted by Crippen LogP contribution is 2.29. The molecule has 3 aromatic rings. The third kappa shape index (κ3) is 3.25. The van der Waals surface area contributed by atoms with Crippen LogP contribution in [0.25, 0.3) is 16.8 Å². The maximum atomic E-state index is 5.65. The summed E-state index contributed by atoms with van der Waals surface area (Å²) in [5, 5.41) is 4.22. The quantitative estimate of drug-likeness (QED) is 0.773. The van der Waals surface area contributed by atoms with Gasteiger partial charge in [-0.25, -0.2) is 0 Å². The third-order valence-electron chi connectivity index (χ3n) is 4.18. The molecule has 0 saturated carbocycles. The summed E-state index contributed by atoms with van der Waals surface area (Å²) in [6, 6.07) is 21.2. The molecule has 2 aromatic carbocycles. The largest absolute Gasteiger partial charge is 0.356 e. The number of benzene rings is 2. The zero-order chi connectivity index (χ0) is 17.1. The SMILES string of the molecule is NCc1ccc(-c2cc(C3=CN(c4[c]cccc4)C=CC3)on2)cc1. The van der Waals surface area contributed by atoms with Gasteiger partial charge in [0.2, 0.25) is 0 Å². The fourth-order valence-electron chi connectivity index (χ4n) is 2.79. The van der Waals surface area contributed by atoms with Gasteiger partial charge in [-0.2, -0.15) is 0 Å². The molecule has 0 spiro atoms. The van der Waals surface area contributed by atoms with Gasteiger partial charge in [0.05, 0.1) is 5.69 Å². The van der Waals surface area contributed by atoms with Crippen LogP contribution < -0.4 is 10.6 Å². The Balaban J connectivity index is 1.60. The van der Waals surface area contributed by atoms with Crippen LogP contribution in [0.3, 0.4) is 0 Å². The number of nitrogens with two attached hydrogens (primary N) is 1. The summed E-state index contributed by atoms with van der Waals surface area (Å²) in [6.45, 7) is 0.538. The lowest BCUT2D eigenvalue weighted by molar-refractivity contribution is 0.411. The van der Waals surface area contributed by atoms with Crippen LogP contribution in [0.15, 0.2) is 77.6 Å². The summed E-state index contributed by atoms with van der Waals surface area (Å²) in [7, 11) is 0. The van der Waals surface area contributed by atoms with Crippen molar-refractivity contribution in [3.63, 3.8) is 0 Å². The fraction of sp³-hybridized carbons (Fsp3) is 0.0952. The molecule has 1 aromatic heterocycles. The molecule has 4 heteroatoms. The van der Waals surface area contributed by atoms with Crippen molar-refractivity contribution in [1.29, 1.82) is 0 Å². The van der Waals surface area contributed by atoms with Crippen LogP contribution in [-0.4, -0.2) is 5.16 Å². The highest BCUT2D eigenvalue weighted by Gasteiger charge is 2.14. The Bertz CT molecular complexity index is 908. The number of hydrogen-bond acceptors (Lipinski definition) is 4. The summed E-state index contributed by atoms with van der Waals surface area (Å²) in [5.74, 6) is 0.781. The summed E-state index contributed by atoms with van der Waals surface area (Å²) in [5.41, 5.74) is 10.7. The van der Waals surface area contributed by atoms with E-state index in [0.29, 0.717) is 6.54 Å². The Morgan fingerprint density at radius 1 is 1.16 bits per heavy atom. The van der Waals surface area contributed by atoms with Crippen molar-refractivity contribution in [3.05, 3.63) is 90.5 Å². The van der Waals surface area contributed by atoms with Crippen molar-refractivity contribution < 1.29 is 4.52 Å². The second-order valence-electron chi connectivity index (χ2n) is 5.88. The summed E-state index contributed by atoms with van der Waals surface area (Å²) in [4.78, 5) is 2.04. The van der Waals surface area contributed by atoms with Crippen molar-refractivity contribution in [2.45, 2.75) is 13.0 Å². The number of nitrogens with zero attached hydrogens (tertiary/aromatic N) is 2. The lowest BCUT2D eigenvalue weighted by Gasteiger charge is -2.20. The number of rotatable bonds is 4. The van der Waals surface area contributed by atoms with Crippen LogP contribution in [-0.2, 0) is 6.54 Å². The van der Waals surface area contributed by atoms with E-state index in [1.165, 1.54) is 0 Å². The van der Waals surface area contributed by atoms with Crippen LogP contribution in [0.5, 0.6) is 0 Å². The first kappa shape index (κ1) is 15.4. The van der Waals surface area contributed by atoms with Gasteiger partial charge in [-0.1, -0.05) is 53.7 Å². The molecule has 1 aliphatic heterocycles. The molecule has 123 valence electrons. The first-order valence-electron chi connectivity index (χ1n) is 8.22. The summed E-state index contributed by atoms with van der Waals surface area (Å²) < 4.78 is 5.59. The van der Waals surface area contributed by atoms with E-state index in [1.54, 1.807) is 0 Å². The van der Waals surface area contributed by atoms with Gasteiger partial charge in [0.1, 0.15) is 5.69 Å². The lowest BCUT2D eigenvalue weighted by atomic mass is 10.1. The van der Waals surface area contributed by atoms with E-state index < -0.39 is 0 Å². The number of para-hydroxylation sites is 1. The van der Waals surface area contributed by atoms with Gasteiger partial charge in [0, 0.05) is 42.2 Å². The van der Waals surface area contributed by atoms with Gasteiger partial charge in [-0.3, -0.25) is 0 Å². The second kappa shape index (κ2) is 6.79. The molecule has 0 fully saturated rings. The van der Waals surface area contributed by atoms with Gasteiger partial charge in [0.15, 0.2) is 5.76 Å². The third-order valence-corrected chi connectivity index (χ3v) is 4.18. The average molecular weight is 328 g/mol. The predicted octanol–water partition coefficient (Wildman–Crippen LogP) is 4.37. The molecule has 4 nitrogen and oxygen atoms in total. The fourth-order valence-corrected chi connectivity index (χ4v) is 2.79. The van der Waals surface area contributed by atoms with E-state index in [0.717, 1.165) is 40.3 Å². The molecule has 2 heterocycles. The average Bonchev–Trinajstić information content (AvgIpc) is 3.19. The molecule has 2 N–H and O–H groups in total. The van der Waals surface area contributed by atoms with Crippen molar-refractivity contribution in [3.8, 4) is 11.3 Å². The van der Waals surface area contributed by atoms with E-state index in [-0.39, 0.29) is 0 Å². The van der Waals surface area contributed by atoms with Crippen LogP contribution in [0, 0.1) is 6.07 Å². The Kier molecular flexibility index (Phi) is 4.19. The Labute approximate surface area is 146 Å². The molecule has 0 atom stereocenters. The van der Waals surface area contributed by atoms with E-state index in [9.17, 15) is 0 Å². The molecule has 1 aliphatic rings. The van der Waals surface area contributed by atoms with E-state index in [2.05, 4.69) is 23.5 Å². The minimum atomic E-state index is 0.538. The lowest BCUT2D eigenvalue weighted by Crippen LogP contribution is -2.10. The Hall–Kier alpha value is -3.11. The van der Waals surface area contributed by atoms with Crippen molar-refractivity contribution in [2.24, 2.45) is 5.73 Å². The van der Waals surface area contributed by atoms with Gasteiger partial charge in [0.25, 0.3) is 0 Å².